The van der Waals surface area contributed by atoms with Gasteiger partial charge in [-0.2, -0.15) is 0 Å². The van der Waals surface area contributed by atoms with Crippen LogP contribution in [0.5, 0.6) is 5.75 Å². The van der Waals surface area contributed by atoms with E-state index in [9.17, 15) is 9.59 Å². The molecule has 1 aromatic rings. The van der Waals surface area contributed by atoms with E-state index >= 15 is 0 Å². The number of nitrogens with one attached hydrogen (secondary N) is 1. The molecule has 0 aliphatic heterocycles. The molecule has 0 saturated carbocycles. The van der Waals surface area contributed by atoms with Crippen molar-refractivity contribution >= 4 is 11.9 Å². The van der Waals surface area contributed by atoms with Crippen LogP contribution in [0.1, 0.15) is 32.4 Å². The number of ether oxygens (including phenoxy) is 1. The van der Waals surface area contributed by atoms with Gasteiger partial charge in [0.2, 0.25) is 5.91 Å². The molecule has 3 atom stereocenters. The molecule has 0 saturated heterocycles. The Balaban J connectivity index is 2.66. The monoisotopic (exact) mass is 279 g/mol. The minimum Gasteiger partial charge on any atom is -0.497 e. The molecule has 110 valence electrons. The normalized spacial score (nSPS) is 15.0. The lowest BCUT2D eigenvalue weighted by Crippen LogP contribution is -2.36. The molecule has 1 rings (SSSR count). The highest BCUT2D eigenvalue weighted by molar-refractivity contribution is 5.84. The zero-order valence-electron chi connectivity index (χ0n) is 12.2. The highest BCUT2D eigenvalue weighted by Crippen LogP contribution is 2.19. The van der Waals surface area contributed by atoms with Crippen molar-refractivity contribution in [1.82, 2.24) is 5.32 Å². The van der Waals surface area contributed by atoms with Crippen LogP contribution in [0.3, 0.4) is 0 Å². The number of carboxylic acids is 1. The van der Waals surface area contributed by atoms with E-state index in [1.807, 2.05) is 31.2 Å². The number of aliphatic carboxylic acids is 1. The molecule has 1 amide bonds. The Bertz CT molecular complexity index is 469. The average molecular weight is 279 g/mol. The van der Waals surface area contributed by atoms with Crippen LogP contribution in [-0.4, -0.2) is 24.1 Å². The Morgan fingerprint density at radius 1 is 1.10 bits per heavy atom. The lowest BCUT2D eigenvalue weighted by Gasteiger charge is -2.20. The van der Waals surface area contributed by atoms with Crippen molar-refractivity contribution < 1.29 is 19.4 Å². The molecule has 5 heteroatoms. The fourth-order valence-electron chi connectivity index (χ4n) is 1.76. The first-order valence-corrected chi connectivity index (χ1v) is 6.54. The summed E-state index contributed by atoms with van der Waals surface area (Å²) in [5, 5.41) is 11.7. The van der Waals surface area contributed by atoms with E-state index in [-0.39, 0.29) is 11.9 Å². The van der Waals surface area contributed by atoms with Crippen molar-refractivity contribution in [3.8, 4) is 5.75 Å². The number of benzene rings is 1. The number of amides is 1. The van der Waals surface area contributed by atoms with Crippen LogP contribution in [0.15, 0.2) is 24.3 Å². The summed E-state index contributed by atoms with van der Waals surface area (Å²) in [4.78, 5) is 22.9. The Hall–Kier alpha value is -2.04. The van der Waals surface area contributed by atoms with Gasteiger partial charge >= 0.3 is 5.97 Å². The lowest BCUT2D eigenvalue weighted by molar-refractivity contribution is -0.146. The molecule has 2 N–H and O–H groups in total. The number of rotatable bonds is 6. The largest absolute Gasteiger partial charge is 0.497 e. The van der Waals surface area contributed by atoms with Gasteiger partial charge in [0.15, 0.2) is 0 Å². The smallest absolute Gasteiger partial charge is 0.307 e. The molecule has 0 fully saturated rings. The fourth-order valence-corrected chi connectivity index (χ4v) is 1.76. The third-order valence-corrected chi connectivity index (χ3v) is 3.53. The molecule has 0 heterocycles. The average Bonchev–Trinajstić information content (AvgIpc) is 2.45. The van der Waals surface area contributed by atoms with E-state index in [1.54, 1.807) is 14.0 Å². The van der Waals surface area contributed by atoms with E-state index in [1.165, 1.54) is 6.92 Å². The Morgan fingerprint density at radius 2 is 1.65 bits per heavy atom. The summed E-state index contributed by atoms with van der Waals surface area (Å²) >= 11 is 0. The summed E-state index contributed by atoms with van der Waals surface area (Å²) in [6.45, 7) is 5.01. The molecule has 2 unspecified atom stereocenters. The minimum atomic E-state index is -0.968. The Kier molecular flexibility index (Phi) is 5.55. The number of carboxylic acid groups (broad SMARTS) is 1. The number of hydrogen-bond donors (Lipinski definition) is 2. The maximum absolute atomic E-state index is 12.0. The zero-order chi connectivity index (χ0) is 15.3. The first-order chi connectivity index (χ1) is 9.36. The number of carbonyl (C=O) groups is 2. The van der Waals surface area contributed by atoms with Crippen molar-refractivity contribution in [3.63, 3.8) is 0 Å². The third-order valence-electron chi connectivity index (χ3n) is 3.53. The fraction of sp³-hybridized carbons (Fsp3) is 0.467. The predicted molar refractivity (Wildman–Crippen MR) is 75.5 cm³/mol. The van der Waals surface area contributed by atoms with Crippen molar-refractivity contribution in [2.75, 3.05) is 7.11 Å². The van der Waals surface area contributed by atoms with Gasteiger partial charge in [0.1, 0.15) is 5.75 Å². The van der Waals surface area contributed by atoms with Gasteiger partial charge in [-0.05, 0) is 24.6 Å². The molecule has 1 aromatic carbocycles. The summed E-state index contributed by atoms with van der Waals surface area (Å²) in [5.41, 5.74) is 0.939. The van der Waals surface area contributed by atoms with Crippen LogP contribution in [0.2, 0.25) is 0 Å². The van der Waals surface area contributed by atoms with Crippen molar-refractivity contribution in [2.24, 2.45) is 11.8 Å². The quantitative estimate of drug-likeness (QED) is 0.837. The Labute approximate surface area is 118 Å². The van der Waals surface area contributed by atoms with E-state index in [0.717, 1.165) is 11.3 Å². The van der Waals surface area contributed by atoms with Gasteiger partial charge in [-0.1, -0.05) is 26.0 Å². The zero-order valence-corrected chi connectivity index (χ0v) is 12.2. The van der Waals surface area contributed by atoms with Crippen LogP contribution in [0, 0.1) is 11.8 Å². The van der Waals surface area contributed by atoms with E-state index in [4.69, 9.17) is 9.84 Å². The Morgan fingerprint density at radius 3 is 2.10 bits per heavy atom. The second-order valence-electron chi connectivity index (χ2n) is 4.92. The molecule has 20 heavy (non-hydrogen) atoms. The van der Waals surface area contributed by atoms with Gasteiger partial charge in [-0.3, -0.25) is 9.59 Å². The van der Waals surface area contributed by atoms with Gasteiger partial charge in [0, 0.05) is 5.92 Å². The first-order valence-electron chi connectivity index (χ1n) is 6.54. The summed E-state index contributed by atoms with van der Waals surface area (Å²) < 4.78 is 5.07. The molecule has 0 spiro atoms. The highest BCUT2D eigenvalue weighted by atomic mass is 16.5. The molecular formula is C15H21NO4. The topological polar surface area (TPSA) is 75.6 Å². The molecule has 0 radical (unpaired) electrons. The number of hydrogen-bond acceptors (Lipinski definition) is 3. The van der Waals surface area contributed by atoms with Crippen LogP contribution >= 0.6 is 0 Å². The van der Waals surface area contributed by atoms with E-state index in [0.29, 0.717) is 0 Å². The van der Waals surface area contributed by atoms with Gasteiger partial charge in [-0.15, -0.1) is 0 Å². The predicted octanol–water partition coefficient (Wildman–Crippen LogP) is 2.23. The van der Waals surface area contributed by atoms with Crippen LogP contribution in [-0.2, 0) is 9.59 Å². The van der Waals surface area contributed by atoms with Crippen molar-refractivity contribution in [2.45, 2.75) is 26.8 Å². The standard InChI is InChI=1S/C15H21NO4/c1-9(10(2)15(18)19)14(17)16-11(3)12-5-7-13(20-4)8-6-12/h5-11H,1-4H3,(H,16,17)(H,18,19)/t9?,10?,11-/m1/s1. The summed E-state index contributed by atoms with van der Waals surface area (Å²) in [5.74, 6) is -1.76. The van der Waals surface area contributed by atoms with Crippen LogP contribution in [0.4, 0.5) is 0 Å². The molecule has 0 bridgehead atoms. The van der Waals surface area contributed by atoms with Crippen LogP contribution in [0.25, 0.3) is 0 Å². The number of carbonyl (C=O) groups excluding carboxylic acids is 1. The molecular weight excluding hydrogens is 258 g/mol. The maximum atomic E-state index is 12.0. The van der Waals surface area contributed by atoms with E-state index in [2.05, 4.69) is 5.32 Å². The molecule has 0 aliphatic rings. The SMILES string of the molecule is COc1ccc([C@@H](C)NC(=O)C(C)C(C)C(=O)O)cc1. The van der Waals surface area contributed by atoms with E-state index < -0.39 is 17.8 Å². The highest BCUT2D eigenvalue weighted by Gasteiger charge is 2.26. The van der Waals surface area contributed by atoms with Crippen molar-refractivity contribution in [1.29, 1.82) is 0 Å². The summed E-state index contributed by atoms with van der Waals surface area (Å²) in [6.07, 6.45) is 0. The second kappa shape index (κ2) is 6.93. The second-order valence-corrected chi connectivity index (χ2v) is 4.92. The summed E-state index contributed by atoms with van der Waals surface area (Å²) in [6, 6.07) is 7.20. The number of methoxy groups -OCH3 is 1. The molecule has 0 aliphatic carbocycles. The third kappa shape index (κ3) is 3.98. The maximum Gasteiger partial charge on any atom is 0.307 e. The molecule has 0 aromatic heterocycles. The van der Waals surface area contributed by atoms with Gasteiger partial charge < -0.3 is 15.2 Å². The van der Waals surface area contributed by atoms with Crippen molar-refractivity contribution in [3.05, 3.63) is 29.8 Å². The van der Waals surface area contributed by atoms with Gasteiger partial charge in [0.25, 0.3) is 0 Å². The molecule has 5 nitrogen and oxygen atoms in total. The van der Waals surface area contributed by atoms with Gasteiger partial charge in [-0.25, -0.2) is 0 Å². The summed E-state index contributed by atoms with van der Waals surface area (Å²) in [7, 11) is 1.59. The minimum absolute atomic E-state index is 0.183. The first kappa shape index (κ1) is 16.0. The lowest BCUT2D eigenvalue weighted by atomic mass is 9.94. The van der Waals surface area contributed by atoms with Gasteiger partial charge in [0.05, 0.1) is 19.1 Å². The van der Waals surface area contributed by atoms with Crippen LogP contribution < -0.4 is 10.1 Å².